The van der Waals surface area contributed by atoms with Gasteiger partial charge in [-0.2, -0.15) is 0 Å². The normalized spacial score (nSPS) is 19.0. The number of methoxy groups -OCH3 is 2. The summed E-state index contributed by atoms with van der Waals surface area (Å²) in [5.74, 6) is 0.527. The summed E-state index contributed by atoms with van der Waals surface area (Å²) in [4.78, 5) is 37.6. The van der Waals surface area contributed by atoms with Gasteiger partial charge < -0.3 is 20.1 Å². The lowest BCUT2D eigenvalue weighted by Gasteiger charge is -2.20. The Labute approximate surface area is 159 Å². The summed E-state index contributed by atoms with van der Waals surface area (Å²) in [5.41, 5.74) is 0.0460. The van der Waals surface area contributed by atoms with Gasteiger partial charge in [0.15, 0.2) is 11.5 Å². The number of hydrogen-bond donors (Lipinski definition) is 2. The summed E-state index contributed by atoms with van der Waals surface area (Å²) < 4.78 is 10.4. The van der Waals surface area contributed by atoms with E-state index in [4.69, 9.17) is 9.47 Å². The molecule has 8 heteroatoms. The molecule has 1 heterocycles. The van der Waals surface area contributed by atoms with Crippen molar-refractivity contribution in [3.63, 3.8) is 0 Å². The molecule has 0 radical (unpaired) electrons. The van der Waals surface area contributed by atoms with E-state index in [-0.39, 0.29) is 18.4 Å². The number of rotatable bonds is 9. The van der Waals surface area contributed by atoms with Gasteiger partial charge in [-0.3, -0.25) is 14.5 Å². The lowest BCUT2D eigenvalue weighted by Crippen LogP contribution is -2.45. The SMILES string of the molecule is CCCC1(C)NC(=O)N(CC(=O)NCCc2ccc(OC)c(OC)c2)C1=O. The third kappa shape index (κ3) is 4.69. The van der Waals surface area contributed by atoms with E-state index >= 15 is 0 Å². The molecule has 4 amide bonds. The fourth-order valence-electron chi connectivity index (χ4n) is 3.14. The van der Waals surface area contributed by atoms with Gasteiger partial charge in [0.2, 0.25) is 5.91 Å². The second kappa shape index (κ2) is 8.75. The Morgan fingerprint density at radius 1 is 1.22 bits per heavy atom. The van der Waals surface area contributed by atoms with Crippen LogP contribution in [0.4, 0.5) is 4.79 Å². The minimum atomic E-state index is -0.925. The molecule has 27 heavy (non-hydrogen) atoms. The van der Waals surface area contributed by atoms with Gasteiger partial charge in [-0.1, -0.05) is 19.4 Å². The molecule has 1 saturated heterocycles. The topological polar surface area (TPSA) is 97.0 Å². The lowest BCUT2D eigenvalue weighted by atomic mass is 9.96. The highest BCUT2D eigenvalue weighted by Crippen LogP contribution is 2.27. The summed E-state index contributed by atoms with van der Waals surface area (Å²) >= 11 is 0. The van der Waals surface area contributed by atoms with Crippen molar-refractivity contribution in [2.45, 2.75) is 38.6 Å². The monoisotopic (exact) mass is 377 g/mol. The largest absolute Gasteiger partial charge is 0.493 e. The van der Waals surface area contributed by atoms with Crippen molar-refractivity contribution in [3.05, 3.63) is 23.8 Å². The molecule has 2 rings (SSSR count). The second-order valence-electron chi connectivity index (χ2n) is 6.69. The number of carbonyl (C=O) groups excluding carboxylic acids is 3. The smallest absolute Gasteiger partial charge is 0.325 e. The molecule has 0 spiro atoms. The predicted molar refractivity (Wildman–Crippen MR) is 99.8 cm³/mol. The minimum Gasteiger partial charge on any atom is -0.493 e. The number of imide groups is 1. The summed E-state index contributed by atoms with van der Waals surface area (Å²) in [6.45, 7) is 3.72. The van der Waals surface area contributed by atoms with Crippen molar-refractivity contribution >= 4 is 17.8 Å². The van der Waals surface area contributed by atoms with E-state index in [0.717, 1.165) is 16.9 Å². The van der Waals surface area contributed by atoms with Gasteiger partial charge in [-0.25, -0.2) is 4.79 Å². The van der Waals surface area contributed by atoms with Crippen LogP contribution in [0, 0.1) is 0 Å². The zero-order valence-corrected chi connectivity index (χ0v) is 16.3. The Morgan fingerprint density at radius 2 is 1.93 bits per heavy atom. The van der Waals surface area contributed by atoms with Crippen LogP contribution in [-0.2, 0) is 16.0 Å². The third-order valence-corrected chi connectivity index (χ3v) is 4.58. The predicted octanol–water partition coefficient (Wildman–Crippen LogP) is 1.47. The second-order valence-corrected chi connectivity index (χ2v) is 6.69. The fourth-order valence-corrected chi connectivity index (χ4v) is 3.14. The molecule has 8 nitrogen and oxygen atoms in total. The van der Waals surface area contributed by atoms with Crippen molar-refractivity contribution in [2.75, 3.05) is 27.3 Å². The quantitative estimate of drug-likeness (QED) is 0.635. The van der Waals surface area contributed by atoms with E-state index in [1.807, 2.05) is 19.1 Å². The molecular formula is C19H27N3O5. The van der Waals surface area contributed by atoms with Crippen LogP contribution in [0.25, 0.3) is 0 Å². The Bertz CT molecular complexity index is 721. The van der Waals surface area contributed by atoms with E-state index in [9.17, 15) is 14.4 Å². The van der Waals surface area contributed by atoms with E-state index in [1.165, 1.54) is 0 Å². The maximum atomic E-state index is 12.4. The molecule has 1 aromatic carbocycles. The van der Waals surface area contributed by atoms with E-state index in [2.05, 4.69) is 10.6 Å². The van der Waals surface area contributed by atoms with Crippen molar-refractivity contribution in [3.8, 4) is 11.5 Å². The highest BCUT2D eigenvalue weighted by molar-refractivity contribution is 6.08. The summed E-state index contributed by atoms with van der Waals surface area (Å²) in [5, 5.41) is 5.41. The van der Waals surface area contributed by atoms with Crippen LogP contribution in [0.15, 0.2) is 18.2 Å². The molecule has 1 fully saturated rings. The average Bonchev–Trinajstić information content (AvgIpc) is 2.85. The Kier molecular flexibility index (Phi) is 6.65. The number of nitrogens with one attached hydrogen (secondary N) is 2. The van der Waals surface area contributed by atoms with Gasteiger partial charge in [0.25, 0.3) is 5.91 Å². The molecule has 148 valence electrons. The van der Waals surface area contributed by atoms with Crippen LogP contribution in [0.3, 0.4) is 0 Å². The average molecular weight is 377 g/mol. The van der Waals surface area contributed by atoms with E-state index < -0.39 is 11.6 Å². The number of ether oxygens (including phenoxy) is 2. The lowest BCUT2D eigenvalue weighted by molar-refractivity contribution is -0.134. The number of hydrogen-bond acceptors (Lipinski definition) is 5. The number of nitrogens with zero attached hydrogens (tertiary/aromatic N) is 1. The van der Waals surface area contributed by atoms with Gasteiger partial charge in [0.1, 0.15) is 12.1 Å². The van der Waals surface area contributed by atoms with Gasteiger partial charge in [-0.15, -0.1) is 0 Å². The van der Waals surface area contributed by atoms with Crippen molar-refractivity contribution in [1.29, 1.82) is 0 Å². The van der Waals surface area contributed by atoms with Crippen LogP contribution in [0.5, 0.6) is 11.5 Å². The first kappa shape index (κ1) is 20.5. The summed E-state index contributed by atoms with van der Waals surface area (Å²) in [6, 6.07) is 5.02. The number of amides is 4. The Hall–Kier alpha value is -2.77. The number of urea groups is 1. The van der Waals surface area contributed by atoms with Crippen molar-refractivity contribution < 1.29 is 23.9 Å². The molecule has 2 N–H and O–H groups in total. The van der Waals surface area contributed by atoms with E-state index in [1.54, 1.807) is 27.2 Å². The van der Waals surface area contributed by atoms with Gasteiger partial charge in [0, 0.05) is 6.54 Å². The van der Waals surface area contributed by atoms with Crippen LogP contribution >= 0.6 is 0 Å². The molecule has 1 atom stereocenters. The Morgan fingerprint density at radius 3 is 2.56 bits per heavy atom. The maximum Gasteiger partial charge on any atom is 0.325 e. The molecule has 0 saturated carbocycles. The zero-order valence-electron chi connectivity index (χ0n) is 16.3. The highest BCUT2D eigenvalue weighted by atomic mass is 16.5. The number of benzene rings is 1. The molecular weight excluding hydrogens is 350 g/mol. The van der Waals surface area contributed by atoms with Crippen LogP contribution in [0.1, 0.15) is 32.3 Å². The molecule has 1 aromatic rings. The van der Waals surface area contributed by atoms with Gasteiger partial charge in [-0.05, 0) is 37.5 Å². The maximum absolute atomic E-state index is 12.4. The minimum absolute atomic E-state index is 0.282. The van der Waals surface area contributed by atoms with Crippen LogP contribution in [0.2, 0.25) is 0 Å². The molecule has 1 aliphatic heterocycles. The van der Waals surface area contributed by atoms with Crippen molar-refractivity contribution in [1.82, 2.24) is 15.5 Å². The van der Waals surface area contributed by atoms with Gasteiger partial charge in [0.05, 0.1) is 14.2 Å². The fraction of sp³-hybridized carbons (Fsp3) is 0.526. The highest BCUT2D eigenvalue weighted by Gasteiger charge is 2.47. The molecule has 1 aliphatic rings. The third-order valence-electron chi connectivity index (χ3n) is 4.58. The molecule has 1 unspecified atom stereocenters. The molecule has 0 bridgehead atoms. The van der Waals surface area contributed by atoms with Crippen molar-refractivity contribution in [2.24, 2.45) is 0 Å². The first-order chi connectivity index (χ1) is 12.8. The molecule has 0 aromatic heterocycles. The molecule has 0 aliphatic carbocycles. The van der Waals surface area contributed by atoms with Crippen LogP contribution in [-0.4, -0.2) is 55.6 Å². The van der Waals surface area contributed by atoms with Gasteiger partial charge >= 0.3 is 6.03 Å². The summed E-state index contributed by atoms with van der Waals surface area (Å²) in [6.07, 6.45) is 1.88. The zero-order chi connectivity index (χ0) is 20.0. The number of carbonyl (C=O) groups is 3. The first-order valence-electron chi connectivity index (χ1n) is 8.96. The summed E-state index contributed by atoms with van der Waals surface area (Å²) in [7, 11) is 3.13. The first-order valence-corrected chi connectivity index (χ1v) is 8.96. The van der Waals surface area contributed by atoms with Crippen LogP contribution < -0.4 is 20.1 Å². The standard InChI is InChI=1S/C19H27N3O5/c1-5-9-19(2)17(24)22(18(25)21-19)12-16(23)20-10-8-13-6-7-14(26-3)15(11-13)27-4/h6-7,11H,5,8-10,12H2,1-4H3,(H,20,23)(H,21,25). The Balaban J connectivity index is 1.86. The van der Waals surface area contributed by atoms with E-state index in [0.29, 0.717) is 30.9 Å².